The Balaban J connectivity index is 0.00000182. The van der Waals surface area contributed by atoms with Crippen molar-refractivity contribution >= 4 is 18.2 Å². The highest BCUT2D eigenvalue weighted by molar-refractivity contribution is 5.85. The Morgan fingerprint density at radius 3 is 2.76 bits per heavy atom. The fourth-order valence-corrected chi connectivity index (χ4v) is 3.32. The van der Waals surface area contributed by atoms with Crippen LogP contribution in [0.3, 0.4) is 0 Å². The fourth-order valence-electron chi connectivity index (χ4n) is 3.32. The number of morpholine rings is 1. The number of aromatic nitrogens is 3. The quantitative estimate of drug-likeness (QED) is 0.895. The minimum atomic E-state index is -0.0550. The monoisotopic (exact) mass is 365 g/mol. The lowest BCUT2D eigenvalue weighted by atomic mass is 10.1. The van der Waals surface area contributed by atoms with Gasteiger partial charge in [-0.1, -0.05) is 5.16 Å². The first-order valence-electron chi connectivity index (χ1n) is 8.71. The van der Waals surface area contributed by atoms with Gasteiger partial charge in [0, 0.05) is 31.4 Å². The van der Waals surface area contributed by atoms with Crippen molar-refractivity contribution in [1.82, 2.24) is 20.4 Å². The Kier molecular flexibility index (Phi) is 5.88. The molecule has 7 nitrogen and oxygen atoms in total. The van der Waals surface area contributed by atoms with Crippen molar-refractivity contribution < 1.29 is 9.26 Å². The second-order valence-corrected chi connectivity index (χ2v) is 6.42. The molecule has 25 heavy (non-hydrogen) atoms. The summed E-state index contributed by atoms with van der Waals surface area (Å²) < 4.78 is 11.1. The third-order valence-corrected chi connectivity index (χ3v) is 4.71. The van der Waals surface area contributed by atoms with Crippen molar-refractivity contribution in [3.05, 3.63) is 24.2 Å². The summed E-state index contributed by atoms with van der Waals surface area (Å²) in [5.74, 6) is 2.16. The van der Waals surface area contributed by atoms with E-state index in [0.29, 0.717) is 18.3 Å². The van der Waals surface area contributed by atoms with Gasteiger partial charge in [-0.15, -0.1) is 12.4 Å². The molecule has 0 bridgehead atoms. The zero-order valence-electron chi connectivity index (χ0n) is 14.4. The minimum Gasteiger partial charge on any atom is -0.375 e. The van der Waals surface area contributed by atoms with Crippen LogP contribution in [0.2, 0.25) is 0 Å². The Bertz CT molecular complexity index is 672. The lowest BCUT2D eigenvalue weighted by Gasteiger charge is -2.27. The molecule has 136 valence electrons. The molecule has 0 saturated carbocycles. The van der Waals surface area contributed by atoms with Crippen LogP contribution in [0, 0.1) is 0 Å². The third kappa shape index (κ3) is 3.94. The van der Waals surface area contributed by atoms with Crippen molar-refractivity contribution in [3.63, 3.8) is 0 Å². The van der Waals surface area contributed by atoms with E-state index in [0.717, 1.165) is 31.0 Å². The van der Waals surface area contributed by atoms with Crippen molar-refractivity contribution in [3.8, 4) is 11.4 Å². The predicted molar refractivity (Wildman–Crippen MR) is 97.0 cm³/mol. The number of ether oxygens (including phenoxy) is 1. The van der Waals surface area contributed by atoms with Gasteiger partial charge in [0.2, 0.25) is 11.7 Å². The Labute approximate surface area is 153 Å². The fraction of sp³-hybridized carbons (Fsp3) is 0.588. The molecule has 1 N–H and O–H groups in total. The van der Waals surface area contributed by atoms with Gasteiger partial charge in [0.25, 0.3) is 0 Å². The molecule has 2 atom stereocenters. The number of anilines is 1. The van der Waals surface area contributed by atoms with E-state index in [1.807, 2.05) is 25.3 Å². The SMILES string of the molecule is C[C@H]1OCCN[C@@H]1c1nc(-c2ccc(N3CCCCC3)nc2)no1.Cl. The maximum Gasteiger partial charge on any atom is 0.246 e. The van der Waals surface area contributed by atoms with Gasteiger partial charge < -0.3 is 19.5 Å². The van der Waals surface area contributed by atoms with E-state index in [2.05, 4.69) is 25.3 Å². The summed E-state index contributed by atoms with van der Waals surface area (Å²) in [5, 5.41) is 7.46. The number of hydrogen-bond acceptors (Lipinski definition) is 7. The van der Waals surface area contributed by atoms with E-state index in [4.69, 9.17) is 9.26 Å². The molecule has 2 fully saturated rings. The largest absolute Gasteiger partial charge is 0.375 e. The van der Waals surface area contributed by atoms with Crippen molar-refractivity contribution in [2.45, 2.75) is 38.3 Å². The molecule has 0 aromatic carbocycles. The molecule has 0 amide bonds. The molecule has 2 saturated heterocycles. The van der Waals surface area contributed by atoms with Crippen LogP contribution >= 0.6 is 12.4 Å². The van der Waals surface area contributed by atoms with Crippen molar-refractivity contribution in [1.29, 1.82) is 0 Å². The zero-order chi connectivity index (χ0) is 16.4. The first-order chi connectivity index (χ1) is 11.8. The van der Waals surface area contributed by atoms with Gasteiger partial charge in [-0.25, -0.2) is 4.98 Å². The van der Waals surface area contributed by atoms with E-state index >= 15 is 0 Å². The molecular weight excluding hydrogens is 342 g/mol. The molecule has 8 heteroatoms. The predicted octanol–water partition coefficient (Wildman–Crippen LogP) is 2.59. The van der Waals surface area contributed by atoms with Gasteiger partial charge >= 0.3 is 0 Å². The van der Waals surface area contributed by atoms with Crippen LogP contribution in [0.15, 0.2) is 22.9 Å². The Morgan fingerprint density at radius 2 is 2.04 bits per heavy atom. The minimum absolute atomic E-state index is 0. The standard InChI is InChI=1S/C17H23N5O2.ClH/c1-12-15(18-7-10-23-12)17-20-16(21-24-17)13-5-6-14(19-11-13)22-8-3-2-4-9-22;/h5-6,11-12,15,18H,2-4,7-10H2,1H3;1H/t12-,15+;/m1./s1. The van der Waals surface area contributed by atoms with Crippen LogP contribution in [-0.2, 0) is 4.74 Å². The first kappa shape index (κ1) is 18.1. The average Bonchev–Trinajstić information content (AvgIpc) is 3.13. The highest BCUT2D eigenvalue weighted by atomic mass is 35.5. The molecule has 0 unspecified atom stereocenters. The summed E-state index contributed by atoms with van der Waals surface area (Å²) in [6.45, 7) is 5.68. The van der Waals surface area contributed by atoms with Crippen LogP contribution < -0.4 is 10.2 Å². The number of pyridine rings is 1. The highest BCUT2D eigenvalue weighted by Crippen LogP contribution is 2.24. The molecule has 4 rings (SSSR count). The van der Waals surface area contributed by atoms with Gasteiger partial charge in [0.05, 0.1) is 12.7 Å². The van der Waals surface area contributed by atoms with Crippen LogP contribution in [0.4, 0.5) is 5.82 Å². The average molecular weight is 366 g/mol. The second-order valence-electron chi connectivity index (χ2n) is 6.42. The van der Waals surface area contributed by atoms with E-state index in [1.54, 1.807) is 0 Å². The van der Waals surface area contributed by atoms with Crippen molar-refractivity contribution in [2.24, 2.45) is 0 Å². The molecule has 0 aliphatic carbocycles. The summed E-state index contributed by atoms with van der Waals surface area (Å²) in [4.78, 5) is 11.4. The van der Waals surface area contributed by atoms with Gasteiger partial charge in [-0.3, -0.25) is 0 Å². The molecule has 0 radical (unpaired) electrons. The normalized spacial score (nSPS) is 24.0. The lowest BCUT2D eigenvalue weighted by Crippen LogP contribution is -2.40. The molecule has 0 spiro atoms. The number of halogens is 1. The maximum atomic E-state index is 5.63. The summed E-state index contributed by atoms with van der Waals surface area (Å²) in [5.41, 5.74) is 0.871. The Hall–Kier alpha value is -1.70. The van der Waals surface area contributed by atoms with E-state index < -0.39 is 0 Å². The number of nitrogens with zero attached hydrogens (tertiary/aromatic N) is 4. The molecule has 2 aliphatic rings. The molecule has 4 heterocycles. The zero-order valence-corrected chi connectivity index (χ0v) is 15.2. The molecular formula is C17H24ClN5O2. The third-order valence-electron chi connectivity index (χ3n) is 4.71. The summed E-state index contributed by atoms with van der Waals surface area (Å²) in [6, 6.07) is 4.00. The Morgan fingerprint density at radius 1 is 1.20 bits per heavy atom. The van der Waals surface area contributed by atoms with Gasteiger partial charge in [0.15, 0.2) is 0 Å². The number of hydrogen-bond donors (Lipinski definition) is 1. The molecule has 2 aromatic heterocycles. The van der Waals surface area contributed by atoms with Gasteiger partial charge in [-0.05, 0) is 38.3 Å². The molecule has 2 aromatic rings. The van der Waals surface area contributed by atoms with Crippen LogP contribution in [0.5, 0.6) is 0 Å². The van der Waals surface area contributed by atoms with Gasteiger partial charge in [-0.2, -0.15) is 4.98 Å². The van der Waals surface area contributed by atoms with Crippen molar-refractivity contribution in [2.75, 3.05) is 31.1 Å². The van der Waals surface area contributed by atoms with Gasteiger partial charge in [0.1, 0.15) is 11.9 Å². The van der Waals surface area contributed by atoms with Crippen LogP contribution in [-0.4, -0.2) is 47.5 Å². The van der Waals surface area contributed by atoms with E-state index in [9.17, 15) is 0 Å². The lowest BCUT2D eigenvalue weighted by molar-refractivity contribution is -0.00136. The second kappa shape index (κ2) is 8.12. The topological polar surface area (TPSA) is 76.3 Å². The maximum absolute atomic E-state index is 5.63. The number of nitrogens with one attached hydrogen (secondary N) is 1. The molecule has 2 aliphatic heterocycles. The summed E-state index contributed by atoms with van der Waals surface area (Å²) in [7, 11) is 0. The van der Waals surface area contributed by atoms with Crippen LogP contribution in [0.1, 0.15) is 38.1 Å². The van der Waals surface area contributed by atoms with Crippen LogP contribution in [0.25, 0.3) is 11.4 Å². The smallest absolute Gasteiger partial charge is 0.246 e. The summed E-state index contributed by atoms with van der Waals surface area (Å²) >= 11 is 0. The first-order valence-corrected chi connectivity index (χ1v) is 8.71. The number of piperidine rings is 1. The van der Waals surface area contributed by atoms with E-state index in [-0.39, 0.29) is 24.6 Å². The number of rotatable bonds is 3. The van der Waals surface area contributed by atoms with E-state index in [1.165, 1.54) is 19.3 Å². The summed E-state index contributed by atoms with van der Waals surface area (Å²) in [6.07, 6.45) is 5.65. The highest BCUT2D eigenvalue weighted by Gasteiger charge is 2.28.